The number of thiophene rings is 1. The Balaban J connectivity index is 1.57. The van der Waals surface area contributed by atoms with Gasteiger partial charge in [-0.05, 0) is 59.1 Å². The number of nitrogens with zero attached hydrogens (tertiary/aromatic N) is 3. The Kier molecular flexibility index (Phi) is 5.12. The lowest BCUT2D eigenvalue weighted by Gasteiger charge is -2.32. The van der Waals surface area contributed by atoms with Gasteiger partial charge in [-0.2, -0.15) is 0 Å². The molecule has 0 spiro atoms. The summed E-state index contributed by atoms with van der Waals surface area (Å²) in [7, 11) is 0. The summed E-state index contributed by atoms with van der Waals surface area (Å²) in [4.78, 5) is 22.2. The van der Waals surface area contributed by atoms with Crippen molar-refractivity contribution in [2.75, 3.05) is 24.5 Å². The second-order valence-electron chi connectivity index (χ2n) is 8.60. The highest BCUT2D eigenvalue weighted by molar-refractivity contribution is 7.17. The van der Waals surface area contributed by atoms with E-state index in [-0.39, 0.29) is 11.9 Å². The van der Waals surface area contributed by atoms with Crippen LogP contribution in [0.2, 0.25) is 0 Å². The number of nitrogens with one attached hydrogen (secondary N) is 1. The van der Waals surface area contributed by atoms with Crippen LogP contribution in [0.15, 0.2) is 17.6 Å². The minimum atomic E-state index is -0.0396. The fourth-order valence-corrected chi connectivity index (χ4v) is 5.71. The summed E-state index contributed by atoms with van der Waals surface area (Å²) < 4.78 is 1.13. The molecule has 0 aliphatic carbocycles. The molecule has 2 fully saturated rings. The highest BCUT2D eigenvalue weighted by Gasteiger charge is 2.33. The number of carbonyl (C=O) groups excluding carboxylic acids is 1. The topological polar surface area (TPSA) is 48.5 Å². The fourth-order valence-electron chi connectivity index (χ4n) is 4.82. The smallest absolute Gasteiger partial charge is 0.270 e. The van der Waals surface area contributed by atoms with Gasteiger partial charge in [0.15, 0.2) is 0 Å². The molecule has 2 aliphatic heterocycles. The maximum atomic E-state index is 12.9. The number of hydrogen-bond donors (Lipinski definition) is 1. The molecule has 4 heterocycles. The highest BCUT2D eigenvalue weighted by atomic mass is 32.1. The Labute approximate surface area is 165 Å². The van der Waals surface area contributed by atoms with E-state index in [0.29, 0.717) is 17.8 Å². The molecule has 2 saturated heterocycles. The van der Waals surface area contributed by atoms with Crippen molar-refractivity contribution in [1.82, 2.24) is 15.2 Å². The van der Waals surface area contributed by atoms with Gasteiger partial charge in [-0.1, -0.05) is 0 Å². The van der Waals surface area contributed by atoms with Gasteiger partial charge in [-0.25, -0.2) is 4.98 Å². The molecule has 2 bridgehead atoms. The molecule has 1 amide bonds. The van der Waals surface area contributed by atoms with Crippen LogP contribution in [-0.4, -0.2) is 53.6 Å². The highest BCUT2D eigenvalue weighted by Crippen LogP contribution is 2.35. The third-order valence-corrected chi connectivity index (χ3v) is 6.79. The van der Waals surface area contributed by atoms with E-state index in [1.165, 1.54) is 25.2 Å². The van der Waals surface area contributed by atoms with Crippen LogP contribution in [0.5, 0.6) is 0 Å². The lowest BCUT2D eigenvalue weighted by molar-refractivity contribution is 0.0904. The van der Waals surface area contributed by atoms with Crippen LogP contribution in [-0.2, 0) is 0 Å². The van der Waals surface area contributed by atoms with Gasteiger partial charge >= 0.3 is 0 Å². The van der Waals surface area contributed by atoms with E-state index in [4.69, 9.17) is 0 Å². The van der Waals surface area contributed by atoms with Crippen LogP contribution >= 0.6 is 11.3 Å². The Morgan fingerprint density at radius 1 is 1.30 bits per heavy atom. The number of fused-ring (bicyclic) bond motifs is 3. The molecule has 27 heavy (non-hydrogen) atoms. The fraction of sp³-hybridized carbons (Fsp3) is 0.619. The molecule has 3 atom stereocenters. The Morgan fingerprint density at radius 3 is 2.78 bits per heavy atom. The van der Waals surface area contributed by atoms with Crippen molar-refractivity contribution in [2.24, 2.45) is 5.92 Å². The maximum Gasteiger partial charge on any atom is 0.270 e. The molecule has 0 unspecified atom stereocenters. The van der Waals surface area contributed by atoms with Crippen molar-refractivity contribution in [1.29, 1.82) is 0 Å². The first kappa shape index (κ1) is 18.7. The summed E-state index contributed by atoms with van der Waals surface area (Å²) >= 11 is 1.70. The number of hydrogen-bond acceptors (Lipinski definition) is 5. The Morgan fingerprint density at radius 2 is 2.07 bits per heavy atom. The van der Waals surface area contributed by atoms with E-state index >= 15 is 0 Å². The second kappa shape index (κ2) is 7.40. The van der Waals surface area contributed by atoms with Crippen molar-refractivity contribution in [3.05, 3.63) is 23.3 Å². The average molecular weight is 387 g/mol. The number of piperidine rings is 1. The molecule has 0 saturated carbocycles. The molecule has 2 aromatic heterocycles. The van der Waals surface area contributed by atoms with Crippen LogP contribution in [0.4, 0.5) is 5.69 Å². The summed E-state index contributed by atoms with van der Waals surface area (Å²) in [6, 6.07) is 3.03. The zero-order valence-electron chi connectivity index (χ0n) is 16.7. The average Bonchev–Trinajstić information content (AvgIpc) is 3.17. The predicted octanol–water partition coefficient (Wildman–Crippen LogP) is 3.74. The van der Waals surface area contributed by atoms with Gasteiger partial charge in [0, 0.05) is 48.2 Å². The van der Waals surface area contributed by atoms with Crippen molar-refractivity contribution < 1.29 is 4.79 Å². The van der Waals surface area contributed by atoms with E-state index in [9.17, 15) is 4.79 Å². The first-order chi connectivity index (χ1) is 12.9. The first-order valence-corrected chi connectivity index (χ1v) is 11.0. The molecule has 5 nitrogen and oxygen atoms in total. The van der Waals surface area contributed by atoms with Gasteiger partial charge in [0.1, 0.15) is 5.69 Å². The zero-order chi connectivity index (χ0) is 19.1. The number of rotatable bonds is 5. The largest absolute Gasteiger partial charge is 0.366 e. The molecule has 2 aliphatic rings. The summed E-state index contributed by atoms with van der Waals surface area (Å²) in [6.45, 7) is 12.2. The lowest BCUT2D eigenvalue weighted by atomic mass is 9.97. The number of carbonyl (C=O) groups is 1. The molecule has 0 radical (unpaired) electrons. The number of amides is 1. The molecule has 6 heteroatoms. The Bertz CT molecular complexity index is 811. The van der Waals surface area contributed by atoms with Crippen LogP contribution in [0.3, 0.4) is 0 Å². The van der Waals surface area contributed by atoms with E-state index in [2.05, 4.69) is 53.2 Å². The third kappa shape index (κ3) is 3.69. The molecular formula is C21H30N4OS. The monoisotopic (exact) mass is 386 g/mol. The minimum absolute atomic E-state index is 0.0396. The normalized spacial score (nSPS) is 24.7. The second-order valence-corrected chi connectivity index (χ2v) is 9.51. The van der Waals surface area contributed by atoms with Gasteiger partial charge in [0.2, 0.25) is 0 Å². The molecule has 4 rings (SSSR count). The van der Waals surface area contributed by atoms with Crippen LogP contribution < -0.4 is 10.2 Å². The van der Waals surface area contributed by atoms with E-state index in [1.54, 1.807) is 11.3 Å². The summed E-state index contributed by atoms with van der Waals surface area (Å²) in [6.07, 6.45) is 4.23. The van der Waals surface area contributed by atoms with E-state index in [1.807, 2.05) is 12.3 Å². The van der Waals surface area contributed by atoms with Crippen LogP contribution in [0, 0.1) is 5.92 Å². The Hall–Kier alpha value is -1.66. The number of anilines is 1. The van der Waals surface area contributed by atoms with E-state index < -0.39 is 0 Å². The maximum absolute atomic E-state index is 12.9. The van der Waals surface area contributed by atoms with Gasteiger partial charge in [0.05, 0.1) is 10.4 Å². The number of aromatic nitrogens is 1. The van der Waals surface area contributed by atoms with Crippen molar-refractivity contribution in [2.45, 2.75) is 58.7 Å². The molecule has 146 valence electrons. The third-order valence-electron chi connectivity index (χ3n) is 5.87. The molecule has 2 aromatic rings. The van der Waals surface area contributed by atoms with Gasteiger partial charge < -0.3 is 15.1 Å². The van der Waals surface area contributed by atoms with Crippen molar-refractivity contribution in [3.63, 3.8) is 0 Å². The molecule has 1 N–H and O–H groups in total. The lowest BCUT2D eigenvalue weighted by Crippen LogP contribution is -2.47. The zero-order valence-corrected chi connectivity index (χ0v) is 17.6. The van der Waals surface area contributed by atoms with Crippen LogP contribution in [0.1, 0.15) is 51.0 Å². The van der Waals surface area contributed by atoms with Crippen molar-refractivity contribution >= 4 is 33.0 Å². The van der Waals surface area contributed by atoms with Gasteiger partial charge in [0.25, 0.3) is 5.91 Å². The van der Waals surface area contributed by atoms with E-state index in [0.717, 1.165) is 29.0 Å². The molecular weight excluding hydrogens is 356 g/mol. The van der Waals surface area contributed by atoms with Gasteiger partial charge in [-0.3, -0.25) is 4.79 Å². The van der Waals surface area contributed by atoms with Crippen molar-refractivity contribution in [3.8, 4) is 0 Å². The minimum Gasteiger partial charge on any atom is -0.366 e. The summed E-state index contributed by atoms with van der Waals surface area (Å²) in [5.41, 5.74) is 1.74. The SMILES string of the molecule is CC(C)N(c1csc2cnc(C(=O)N[C@@H]3C[C@H]4CC[N@](C4)C3)cc12)C(C)C. The summed E-state index contributed by atoms with van der Waals surface area (Å²) in [5, 5.41) is 6.56. The predicted molar refractivity (Wildman–Crippen MR) is 113 cm³/mol. The van der Waals surface area contributed by atoms with Crippen LogP contribution in [0.25, 0.3) is 10.1 Å². The summed E-state index contributed by atoms with van der Waals surface area (Å²) in [5.74, 6) is 0.704. The molecule has 0 aromatic carbocycles. The standard InChI is InChI=1S/C21H30N4OS/c1-13(2)25(14(3)4)19-12-27-20-9-22-18(8-17(19)20)21(26)23-16-7-15-5-6-24(10-15)11-16/h8-9,12-16H,5-7,10-11H2,1-4H3,(H,23,26)/t15-,16-/m1/s1. The number of pyridine rings is 1. The van der Waals surface area contributed by atoms with Gasteiger partial charge in [-0.15, -0.1) is 11.3 Å². The first-order valence-electron chi connectivity index (χ1n) is 10.1. The quantitative estimate of drug-likeness (QED) is 0.850.